The van der Waals surface area contributed by atoms with E-state index in [-0.39, 0.29) is 6.03 Å². The number of amides is 2. The number of nitrogens with zero attached hydrogens (tertiary/aromatic N) is 7. The van der Waals surface area contributed by atoms with Gasteiger partial charge in [0, 0.05) is 83.9 Å². The SMILES string of the molecule is CN1CCN(c2ncccc2CNC(=O)N2CCN(c3cnn(C)c3)CC2)CC1. The summed E-state index contributed by atoms with van der Waals surface area (Å²) in [5, 5.41) is 7.32. The third-order valence-electron chi connectivity index (χ3n) is 5.72. The summed E-state index contributed by atoms with van der Waals surface area (Å²) in [5.74, 6) is 0.988. The summed E-state index contributed by atoms with van der Waals surface area (Å²) in [6, 6.07) is 3.98. The Morgan fingerprint density at radius 2 is 1.76 bits per heavy atom. The lowest BCUT2D eigenvalue weighted by Crippen LogP contribution is -2.51. The van der Waals surface area contributed by atoms with Gasteiger partial charge in [-0.3, -0.25) is 4.68 Å². The quantitative estimate of drug-likeness (QED) is 0.813. The molecule has 29 heavy (non-hydrogen) atoms. The number of nitrogens with one attached hydrogen (secondary N) is 1. The molecule has 0 unspecified atom stereocenters. The summed E-state index contributed by atoms with van der Waals surface area (Å²) in [6.45, 7) is 7.54. The molecule has 2 aliphatic rings. The van der Waals surface area contributed by atoms with Crippen molar-refractivity contribution < 1.29 is 4.79 Å². The van der Waals surface area contributed by atoms with Gasteiger partial charge in [-0.2, -0.15) is 5.10 Å². The van der Waals surface area contributed by atoms with Crippen molar-refractivity contribution in [3.8, 4) is 0 Å². The Labute approximate surface area is 171 Å². The highest BCUT2D eigenvalue weighted by molar-refractivity contribution is 5.74. The number of anilines is 2. The molecule has 2 aromatic heterocycles. The van der Waals surface area contributed by atoms with Gasteiger partial charge in [-0.1, -0.05) is 6.07 Å². The molecule has 0 bridgehead atoms. The lowest BCUT2D eigenvalue weighted by atomic mass is 10.2. The van der Waals surface area contributed by atoms with Crippen molar-refractivity contribution in [3.63, 3.8) is 0 Å². The van der Waals surface area contributed by atoms with E-state index < -0.39 is 0 Å². The molecule has 2 aromatic rings. The summed E-state index contributed by atoms with van der Waals surface area (Å²) in [7, 11) is 4.06. The van der Waals surface area contributed by atoms with E-state index in [0.29, 0.717) is 19.6 Å². The van der Waals surface area contributed by atoms with Gasteiger partial charge >= 0.3 is 6.03 Å². The molecule has 2 fully saturated rings. The van der Waals surface area contributed by atoms with E-state index in [2.05, 4.69) is 43.2 Å². The second-order valence-corrected chi connectivity index (χ2v) is 7.78. The molecule has 0 spiro atoms. The van der Waals surface area contributed by atoms with Crippen molar-refractivity contribution in [2.24, 2.45) is 7.05 Å². The Bertz CT molecular complexity index is 821. The van der Waals surface area contributed by atoms with Gasteiger partial charge in [0.05, 0.1) is 11.9 Å². The average Bonchev–Trinajstić information content (AvgIpc) is 3.19. The zero-order valence-electron chi connectivity index (χ0n) is 17.3. The van der Waals surface area contributed by atoms with Crippen LogP contribution in [0.25, 0.3) is 0 Å². The zero-order chi connectivity index (χ0) is 20.2. The minimum absolute atomic E-state index is 0.0102. The van der Waals surface area contributed by atoms with Crippen LogP contribution in [0.5, 0.6) is 0 Å². The van der Waals surface area contributed by atoms with Crippen LogP contribution >= 0.6 is 0 Å². The van der Waals surface area contributed by atoms with E-state index in [9.17, 15) is 4.79 Å². The van der Waals surface area contributed by atoms with Gasteiger partial charge in [-0.05, 0) is 13.1 Å². The predicted molar refractivity (Wildman–Crippen MR) is 113 cm³/mol. The lowest BCUT2D eigenvalue weighted by Gasteiger charge is -2.35. The molecular formula is C20H30N8O. The number of hydrogen-bond donors (Lipinski definition) is 1. The third-order valence-corrected chi connectivity index (χ3v) is 5.72. The molecule has 9 nitrogen and oxygen atoms in total. The van der Waals surface area contributed by atoms with Crippen molar-refractivity contribution in [1.82, 2.24) is 29.9 Å². The van der Waals surface area contributed by atoms with Crippen molar-refractivity contribution in [2.75, 3.05) is 69.2 Å². The van der Waals surface area contributed by atoms with E-state index in [0.717, 1.165) is 56.3 Å². The largest absolute Gasteiger partial charge is 0.365 e. The number of aryl methyl sites for hydroxylation is 1. The van der Waals surface area contributed by atoms with Crippen LogP contribution in [0.15, 0.2) is 30.7 Å². The van der Waals surface area contributed by atoms with Crippen LogP contribution in [-0.2, 0) is 13.6 Å². The van der Waals surface area contributed by atoms with Crippen LogP contribution < -0.4 is 15.1 Å². The molecular weight excluding hydrogens is 368 g/mol. The van der Waals surface area contributed by atoms with Gasteiger partial charge < -0.3 is 24.9 Å². The number of carbonyl (C=O) groups excluding carboxylic acids is 1. The first-order chi connectivity index (χ1) is 14.1. The van der Waals surface area contributed by atoms with Crippen molar-refractivity contribution >= 4 is 17.5 Å². The second-order valence-electron chi connectivity index (χ2n) is 7.78. The predicted octanol–water partition coefficient (Wildman–Crippen LogP) is 0.599. The Balaban J connectivity index is 1.30. The van der Waals surface area contributed by atoms with Gasteiger partial charge in [0.15, 0.2) is 0 Å². The maximum Gasteiger partial charge on any atom is 0.317 e. The number of urea groups is 1. The average molecular weight is 399 g/mol. The number of pyridine rings is 1. The third kappa shape index (κ3) is 4.61. The highest BCUT2D eigenvalue weighted by Crippen LogP contribution is 2.19. The standard InChI is InChI=1S/C20H30N8O/c1-24-6-8-27(9-7-24)19-17(4-3-5-21-19)14-22-20(29)28-12-10-26(11-13-28)18-15-23-25(2)16-18/h3-5,15-16H,6-14H2,1-2H3,(H,22,29). The normalized spacial score (nSPS) is 18.2. The first-order valence-electron chi connectivity index (χ1n) is 10.2. The molecule has 9 heteroatoms. The van der Waals surface area contributed by atoms with E-state index in [4.69, 9.17) is 0 Å². The lowest BCUT2D eigenvalue weighted by molar-refractivity contribution is 0.194. The summed E-state index contributed by atoms with van der Waals surface area (Å²) in [6.07, 6.45) is 5.71. The molecule has 2 amide bonds. The Kier molecular flexibility index (Phi) is 5.84. The minimum atomic E-state index is -0.0102. The van der Waals surface area contributed by atoms with Crippen molar-refractivity contribution in [2.45, 2.75) is 6.54 Å². The van der Waals surface area contributed by atoms with Gasteiger partial charge in [0.1, 0.15) is 5.82 Å². The maximum absolute atomic E-state index is 12.7. The number of hydrogen-bond acceptors (Lipinski definition) is 6. The van der Waals surface area contributed by atoms with Crippen LogP contribution in [0, 0.1) is 0 Å². The smallest absolute Gasteiger partial charge is 0.317 e. The van der Waals surface area contributed by atoms with Crippen LogP contribution in [-0.4, -0.2) is 90.0 Å². The fourth-order valence-electron chi connectivity index (χ4n) is 3.89. The summed E-state index contributed by atoms with van der Waals surface area (Å²) < 4.78 is 1.81. The molecule has 4 heterocycles. The molecule has 1 N–H and O–H groups in total. The van der Waals surface area contributed by atoms with Crippen LogP contribution in [0.4, 0.5) is 16.3 Å². The van der Waals surface area contributed by atoms with Crippen LogP contribution in [0.2, 0.25) is 0 Å². The molecule has 0 saturated carbocycles. The fourth-order valence-corrected chi connectivity index (χ4v) is 3.89. The Morgan fingerprint density at radius 1 is 1.03 bits per heavy atom. The van der Waals surface area contributed by atoms with Gasteiger partial charge in [0.2, 0.25) is 0 Å². The van der Waals surface area contributed by atoms with Gasteiger partial charge in [-0.25, -0.2) is 9.78 Å². The van der Waals surface area contributed by atoms with E-state index in [1.807, 2.05) is 36.6 Å². The molecule has 156 valence electrons. The number of aromatic nitrogens is 3. The maximum atomic E-state index is 12.7. The molecule has 0 radical (unpaired) electrons. The first-order valence-corrected chi connectivity index (χ1v) is 10.2. The zero-order valence-corrected chi connectivity index (χ0v) is 17.3. The minimum Gasteiger partial charge on any atom is -0.365 e. The molecule has 2 aliphatic heterocycles. The number of carbonyl (C=O) groups is 1. The molecule has 0 atom stereocenters. The van der Waals surface area contributed by atoms with Crippen molar-refractivity contribution in [3.05, 3.63) is 36.3 Å². The first kappa shape index (κ1) is 19.5. The Hall–Kier alpha value is -2.81. The number of piperazine rings is 2. The monoisotopic (exact) mass is 398 g/mol. The van der Waals surface area contributed by atoms with Gasteiger partial charge in [0.25, 0.3) is 0 Å². The van der Waals surface area contributed by atoms with Crippen molar-refractivity contribution in [1.29, 1.82) is 0 Å². The molecule has 2 saturated heterocycles. The van der Waals surface area contributed by atoms with Gasteiger partial charge in [-0.15, -0.1) is 0 Å². The fraction of sp³-hybridized carbons (Fsp3) is 0.550. The highest BCUT2D eigenvalue weighted by Gasteiger charge is 2.23. The summed E-state index contributed by atoms with van der Waals surface area (Å²) in [5.41, 5.74) is 2.18. The van der Waals surface area contributed by atoms with E-state index >= 15 is 0 Å². The van der Waals surface area contributed by atoms with Crippen LogP contribution in [0.1, 0.15) is 5.56 Å². The summed E-state index contributed by atoms with van der Waals surface area (Å²) in [4.78, 5) is 26.1. The second kappa shape index (κ2) is 8.69. The molecule has 4 rings (SSSR count). The van der Waals surface area contributed by atoms with E-state index in [1.165, 1.54) is 0 Å². The molecule has 0 aromatic carbocycles. The molecule has 0 aliphatic carbocycles. The van der Waals surface area contributed by atoms with Crippen LogP contribution in [0.3, 0.4) is 0 Å². The summed E-state index contributed by atoms with van der Waals surface area (Å²) >= 11 is 0. The highest BCUT2D eigenvalue weighted by atomic mass is 16.2. The number of rotatable bonds is 4. The topological polar surface area (TPSA) is 72.8 Å². The number of likely N-dealkylation sites (N-methyl/N-ethyl adjacent to an activating group) is 1. The van der Waals surface area contributed by atoms with E-state index in [1.54, 1.807) is 4.68 Å². The Morgan fingerprint density at radius 3 is 2.45 bits per heavy atom.